The summed E-state index contributed by atoms with van der Waals surface area (Å²) >= 11 is 0. The Labute approximate surface area is 443 Å². The summed E-state index contributed by atoms with van der Waals surface area (Å²) in [4.78, 5) is 11.0. The topological polar surface area (TPSA) is 60.9 Å². The van der Waals surface area contributed by atoms with Gasteiger partial charge >= 0.3 is 0 Å². The van der Waals surface area contributed by atoms with E-state index in [9.17, 15) is 0 Å². The zero-order valence-electron chi connectivity index (χ0n) is 42.0. The van der Waals surface area contributed by atoms with Crippen LogP contribution in [0.2, 0.25) is 0 Å². The number of hydrogen-bond donors (Lipinski definition) is 0. The van der Waals surface area contributed by atoms with Crippen molar-refractivity contribution in [3.05, 3.63) is 272 Å². The van der Waals surface area contributed by atoms with Gasteiger partial charge in [-0.25, -0.2) is 9.98 Å². The minimum Gasteiger partial charge on any atom is -0.456 e. The third-order valence-electron chi connectivity index (χ3n) is 15.3. The SMILES string of the molecule is C=C(N=C(N=C(C)c1ccc2c(c1)oc1ccccc12)c1cc(-c2ccccc2)c(-n2c3ccccc3c3cc(-n4c5ccccc5c5ccccc54)ccc32)c(-c2ccccc2)c1)c1ccc2c(c1)oc1ccccc12. The highest BCUT2D eigenvalue weighted by molar-refractivity contribution is 6.17. The van der Waals surface area contributed by atoms with Gasteiger partial charge in [0, 0.05) is 76.7 Å². The maximum Gasteiger partial charge on any atom is 0.160 e. The van der Waals surface area contributed by atoms with Gasteiger partial charge in [0.15, 0.2) is 5.84 Å². The summed E-state index contributed by atoms with van der Waals surface area (Å²) in [6, 6.07) is 87.8. The van der Waals surface area contributed by atoms with Crippen molar-refractivity contribution >= 4 is 105 Å². The number of rotatable bonds is 8. The average Bonchev–Trinajstić information content (AvgIpc) is 4.46. The molecular formula is C71H46N4O2. The molecule has 15 rings (SSSR count). The second kappa shape index (κ2) is 17.7. The molecule has 4 heterocycles. The van der Waals surface area contributed by atoms with Gasteiger partial charge in [0.2, 0.25) is 0 Å². The second-order valence-corrected chi connectivity index (χ2v) is 19.8. The summed E-state index contributed by atoms with van der Waals surface area (Å²) in [6.07, 6.45) is 0. The van der Waals surface area contributed by atoms with Crippen LogP contribution in [-0.4, -0.2) is 20.7 Å². The zero-order chi connectivity index (χ0) is 51.1. The quantitative estimate of drug-likeness (QED) is 0.112. The summed E-state index contributed by atoms with van der Waals surface area (Å²) in [5.74, 6) is 0.515. The molecule has 0 N–H and O–H groups in total. The Bertz CT molecular complexity index is 4840. The lowest BCUT2D eigenvalue weighted by atomic mass is 9.92. The van der Waals surface area contributed by atoms with Crippen LogP contribution in [0.15, 0.2) is 274 Å². The van der Waals surface area contributed by atoms with Gasteiger partial charge in [0.05, 0.1) is 33.5 Å². The van der Waals surface area contributed by atoms with E-state index in [1.54, 1.807) is 0 Å². The van der Waals surface area contributed by atoms with Crippen LogP contribution in [0.3, 0.4) is 0 Å². The van der Waals surface area contributed by atoms with Gasteiger partial charge in [-0.3, -0.25) is 0 Å². The first-order valence-electron chi connectivity index (χ1n) is 26.0. The van der Waals surface area contributed by atoms with Crippen molar-refractivity contribution in [1.29, 1.82) is 0 Å². The van der Waals surface area contributed by atoms with Crippen LogP contribution >= 0.6 is 0 Å². The molecule has 77 heavy (non-hydrogen) atoms. The fraction of sp³-hybridized carbons (Fsp3) is 0.0141. The van der Waals surface area contributed by atoms with E-state index in [0.29, 0.717) is 11.5 Å². The Hall–Kier alpha value is -10.3. The van der Waals surface area contributed by atoms with E-state index in [4.69, 9.17) is 18.8 Å². The highest BCUT2D eigenvalue weighted by atomic mass is 16.3. The maximum atomic E-state index is 6.40. The van der Waals surface area contributed by atoms with E-state index in [1.807, 2.05) is 49.4 Å². The number of aromatic nitrogens is 2. The Morgan fingerprint density at radius 3 is 1.36 bits per heavy atom. The first-order valence-corrected chi connectivity index (χ1v) is 26.0. The molecule has 0 bridgehead atoms. The van der Waals surface area contributed by atoms with Gasteiger partial charge in [-0.1, -0.05) is 170 Å². The Morgan fingerprint density at radius 2 is 0.792 bits per heavy atom. The molecule has 0 fully saturated rings. The third kappa shape index (κ3) is 7.25. The molecule has 0 atom stereocenters. The second-order valence-electron chi connectivity index (χ2n) is 19.8. The maximum absolute atomic E-state index is 6.40. The van der Waals surface area contributed by atoms with E-state index in [0.717, 1.165) is 122 Å². The van der Waals surface area contributed by atoms with Crippen molar-refractivity contribution in [2.45, 2.75) is 6.92 Å². The fourth-order valence-electron chi connectivity index (χ4n) is 11.6. The third-order valence-corrected chi connectivity index (χ3v) is 15.3. The summed E-state index contributed by atoms with van der Waals surface area (Å²) in [5, 5.41) is 9.03. The van der Waals surface area contributed by atoms with Gasteiger partial charge in [-0.2, -0.15) is 0 Å². The molecule has 11 aromatic carbocycles. The number of benzene rings is 11. The van der Waals surface area contributed by atoms with E-state index < -0.39 is 0 Å². The van der Waals surface area contributed by atoms with Crippen molar-refractivity contribution < 1.29 is 8.83 Å². The molecule has 6 heteroatoms. The van der Waals surface area contributed by atoms with Crippen molar-refractivity contribution in [2.24, 2.45) is 9.98 Å². The number of nitrogens with zero attached hydrogens (tertiary/aromatic N) is 4. The molecular weight excluding hydrogens is 941 g/mol. The Morgan fingerprint density at radius 1 is 0.351 bits per heavy atom. The summed E-state index contributed by atoms with van der Waals surface area (Å²) in [7, 11) is 0. The molecule has 15 aromatic rings. The Kier molecular flexibility index (Phi) is 10.2. The number of amidine groups is 1. The van der Waals surface area contributed by atoms with Crippen LogP contribution in [-0.2, 0) is 0 Å². The van der Waals surface area contributed by atoms with Crippen LogP contribution in [0.1, 0.15) is 23.6 Å². The molecule has 0 unspecified atom stereocenters. The number of fused-ring (bicyclic) bond motifs is 12. The molecule has 0 aliphatic carbocycles. The van der Waals surface area contributed by atoms with Crippen LogP contribution in [0, 0.1) is 0 Å². The number of furan rings is 2. The summed E-state index contributed by atoms with van der Waals surface area (Å²) in [6.45, 7) is 6.66. The molecule has 0 radical (unpaired) electrons. The molecule has 6 nitrogen and oxygen atoms in total. The van der Waals surface area contributed by atoms with Crippen LogP contribution in [0.4, 0.5) is 0 Å². The number of hydrogen-bond acceptors (Lipinski definition) is 3. The molecule has 0 saturated heterocycles. The van der Waals surface area contributed by atoms with E-state index in [1.165, 1.54) is 21.8 Å². The van der Waals surface area contributed by atoms with Gasteiger partial charge < -0.3 is 18.0 Å². The average molecular weight is 987 g/mol. The van der Waals surface area contributed by atoms with E-state index >= 15 is 0 Å². The van der Waals surface area contributed by atoms with Crippen molar-refractivity contribution in [1.82, 2.24) is 9.13 Å². The largest absolute Gasteiger partial charge is 0.456 e. The van der Waals surface area contributed by atoms with Crippen LogP contribution in [0.25, 0.3) is 127 Å². The molecule has 362 valence electrons. The van der Waals surface area contributed by atoms with Gasteiger partial charge in [-0.15, -0.1) is 0 Å². The van der Waals surface area contributed by atoms with Crippen LogP contribution < -0.4 is 0 Å². The zero-order valence-corrected chi connectivity index (χ0v) is 42.0. The standard InChI is InChI=1S/C71H46N4O2/c1-44(48-33-36-57-55-26-12-17-31-66(55)76-68(57)41-48)72-71(73-45(2)49-34-37-58-56-27-13-18-32-67(56)77-69(58)42-49)50-39-59(46-19-5-3-6-20-46)70(60(40-50)47-21-7-4-8-22-47)75-64-30-16-11-25-54(64)61-43-51(35-38-65(61)75)74-62-28-14-9-23-52(62)53-24-10-15-29-63(53)74/h3-43H,1H2,2H3. The predicted octanol–water partition coefficient (Wildman–Crippen LogP) is 18.9. The highest BCUT2D eigenvalue weighted by Gasteiger charge is 2.24. The Balaban J connectivity index is 0.977. The monoisotopic (exact) mass is 986 g/mol. The van der Waals surface area contributed by atoms with Gasteiger partial charge in [-0.05, 0) is 109 Å². The summed E-state index contributed by atoms with van der Waals surface area (Å²) < 4.78 is 17.6. The molecule has 4 aromatic heterocycles. The first kappa shape index (κ1) is 44.2. The highest BCUT2D eigenvalue weighted by Crippen LogP contribution is 2.44. The molecule has 0 aliphatic rings. The minimum absolute atomic E-state index is 0.515. The van der Waals surface area contributed by atoms with Crippen molar-refractivity contribution in [3.63, 3.8) is 0 Å². The predicted molar refractivity (Wildman–Crippen MR) is 321 cm³/mol. The molecule has 0 saturated carbocycles. The van der Waals surface area contributed by atoms with E-state index in [-0.39, 0.29) is 0 Å². The van der Waals surface area contributed by atoms with Gasteiger partial charge in [0.1, 0.15) is 22.3 Å². The molecule has 0 aliphatic heterocycles. The van der Waals surface area contributed by atoms with Crippen molar-refractivity contribution in [3.8, 4) is 33.6 Å². The normalized spacial score (nSPS) is 12.4. The summed E-state index contributed by atoms with van der Waals surface area (Å²) in [5.41, 5.74) is 18.0. The molecule has 0 amide bonds. The fourth-order valence-corrected chi connectivity index (χ4v) is 11.6. The number of para-hydroxylation sites is 5. The number of aliphatic imine (C=N–C) groups is 2. The van der Waals surface area contributed by atoms with Crippen molar-refractivity contribution in [2.75, 3.05) is 0 Å². The molecule has 0 spiro atoms. The minimum atomic E-state index is 0.515. The first-order chi connectivity index (χ1) is 38.0. The smallest absolute Gasteiger partial charge is 0.160 e. The van der Waals surface area contributed by atoms with E-state index in [2.05, 4.69) is 222 Å². The van der Waals surface area contributed by atoms with Crippen LogP contribution in [0.5, 0.6) is 0 Å². The lowest BCUT2D eigenvalue weighted by molar-refractivity contribution is 0.668. The lowest BCUT2D eigenvalue weighted by Gasteiger charge is -2.21. The lowest BCUT2D eigenvalue weighted by Crippen LogP contribution is -2.08. The van der Waals surface area contributed by atoms with Gasteiger partial charge in [0.25, 0.3) is 0 Å².